The first-order chi connectivity index (χ1) is 4.75. The third-order valence-electron chi connectivity index (χ3n) is 2.25. The molecule has 0 bridgehead atoms. The van der Waals surface area contributed by atoms with Crippen LogP contribution in [0.4, 0.5) is 0 Å². The van der Waals surface area contributed by atoms with Crippen molar-refractivity contribution >= 4 is 5.91 Å². The van der Waals surface area contributed by atoms with Gasteiger partial charge in [0.15, 0.2) is 0 Å². The Morgan fingerprint density at radius 1 is 1.60 bits per heavy atom. The molecular formula is C7H14N2O. The molecule has 3 N–H and O–H groups in total. The van der Waals surface area contributed by atoms with Crippen LogP contribution >= 0.6 is 0 Å². The van der Waals surface area contributed by atoms with Crippen molar-refractivity contribution < 1.29 is 4.79 Å². The molecule has 1 saturated carbocycles. The van der Waals surface area contributed by atoms with E-state index in [1.807, 2.05) is 7.05 Å². The minimum atomic E-state index is -0.156. The van der Waals surface area contributed by atoms with Crippen LogP contribution in [-0.4, -0.2) is 19.0 Å². The molecule has 3 heteroatoms. The molecule has 1 amide bonds. The van der Waals surface area contributed by atoms with Crippen LogP contribution in [0.2, 0.25) is 0 Å². The van der Waals surface area contributed by atoms with Crippen LogP contribution < -0.4 is 11.1 Å². The van der Waals surface area contributed by atoms with Crippen molar-refractivity contribution in [3.8, 4) is 0 Å². The van der Waals surface area contributed by atoms with Crippen molar-refractivity contribution in [1.29, 1.82) is 0 Å². The monoisotopic (exact) mass is 142 g/mol. The smallest absolute Gasteiger partial charge is 0.222 e. The maximum absolute atomic E-state index is 10.8. The third kappa shape index (κ3) is 1.29. The zero-order valence-electron chi connectivity index (χ0n) is 6.26. The van der Waals surface area contributed by atoms with Gasteiger partial charge in [0.2, 0.25) is 5.91 Å². The highest BCUT2D eigenvalue weighted by atomic mass is 16.1. The molecule has 3 nitrogen and oxygen atoms in total. The minimum Gasteiger partial charge on any atom is -0.369 e. The van der Waals surface area contributed by atoms with Gasteiger partial charge >= 0.3 is 0 Å². The lowest BCUT2D eigenvalue weighted by atomic mass is 10.0. The summed E-state index contributed by atoms with van der Waals surface area (Å²) in [7, 11) is 1.88. The summed E-state index contributed by atoms with van der Waals surface area (Å²) in [5.74, 6) is -0.0816. The molecule has 0 unspecified atom stereocenters. The van der Waals surface area contributed by atoms with E-state index in [4.69, 9.17) is 5.73 Å². The Morgan fingerprint density at radius 2 is 2.30 bits per heavy atom. The number of nitrogens with two attached hydrogens (primary N) is 1. The summed E-state index contributed by atoms with van der Waals surface area (Å²) in [5.41, 5.74) is 5.18. The van der Waals surface area contributed by atoms with Gasteiger partial charge in [0, 0.05) is 6.04 Å². The van der Waals surface area contributed by atoms with Gasteiger partial charge in [-0.3, -0.25) is 4.79 Å². The van der Waals surface area contributed by atoms with Crippen LogP contribution in [0.1, 0.15) is 19.3 Å². The number of primary amides is 1. The SMILES string of the molecule is CN[C@@H]1CCC[C@@H]1C(N)=O. The Morgan fingerprint density at radius 3 is 2.70 bits per heavy atom. The Bertz CT molecular complexity index is 136. The number of nitrogens with one attached hydrogen (secondary N) is 1. The molecule has 1 aliphatic carbocycles. The van der Waals surface area contributed by atoms with E-state index >= 15 is 0 Å². The molecule has 2 atom stereocenters. The van der Waals surface area contributed by atoms with E-state index in [1.54, 1.807) is 0 Å². The normalized spacial score (nSPS) is 32.5. The molecule has 0 aromatic rings. The van der Waals surface area contributed by atoms with Crippen LogP contribution in [-0.2, 0) is 4.79 Å². The zero-order chi connectivity index (χ0) is 7.56. The van der Waals surface area contributed by atoms with Gasteiger partial charge in [-0.15, -0.1) is 0 Å². The number of carbonyl (C=O) groups is 1. The first-order valence-corrected chi connectivity index (χ1v) is 3.72. The van der Waals surface area contributed by atoms with Crippen molar-refractivity contribution in [2.45, 2.75) is 25.3 Å². The van der Waals surface area contributed by atoms with Crippen molar-refractivity contribution in [3.63, 3.8) is 0 Å². The lowest BCUT2D eigenvalue weighted by Crippen LogP contribution is -2.37. The molecule has 0 radical (unpaired) electrons. The largest absolute Gasteiger partial charge is 0.369 e. The Labute approximate surface area is 61.0 Å². The van der Waals surface area contributed by atoms with Crippen molar-refractivity contribution in [2.75, 3.05) is 7.05 Å². The topological polar surface area (TPSA) is 55.1 Å². The summed E-state index contributed by atoms with van der Waals surface area (Å²) in [6.07, 6.45) is 3.17. The van der Waals surface area contributed by atoms with Gasteiger partial charge in [0.25, 0.3) is 0 Å². The molecule has 0 heterocycles. The Kier molecular flexibility index (Phi) is 2.27. The second-order valence-electron chi connectivity index (χ2n) is 2.83. The Hall–Kier alpha value is -0.570. The summed E-state index contributed by atoms with van der Waals surface area (Å²) in [4.78, 5) is 10.8. The predicted molar refractivity (Wildman–Crippen MR) is 39.4 cm³/mol. The summed E-state index contributed by atoms with van der Waals surface area (Å²) in [6.45, 7) is 0. The lowest BCUT2D eigenvalue weighted by molar-refractivity contribution is -0.122. The van der Waals surface area contributed by atoms with Gasteiger partial charge < -0.3 is 11.1 Å². The van der Waals surface area contributed by atoms with Crippen LogP contribution in [0.3, 0.4) is 0 Å². The molecule has 0 spiro atoms. The summed E-state index contributed by atoms with van der Waals surface area (Å²) in [5, 5.41) is 3.09. The molecule has 0 aromatic carbocycles. The molecule has 0 aliphatic heterocycles. The fourth-order valence-corrected chi connectivity index (χ4v) is 1.65. The van der Waals surface area contributed by atoms with E-state index in [2.05, 4.69) is 5.32 Å². The van der Waals surface area contributed by atoms with Crippen LogP contribution in [0.25, 0.3) is 0 Å². The van der Waals surface area contributed by atoms with Crippen molar-refractivity contribution in [1.82, 2.24) is 5.32 Å². The van der Waals surface area contributed by atoms with Gasteiger partial charge in [-0.25, -0.2) is 0 Å². The van der Waals surface area contributed by atoms with E-state index in [0.29, 0.717) is 6.04 Å². The third-order valence-corrected chi connectivity index (χ3v) is 2.25. The van der Waals surface area contributed by atoms with Crippen molar-refractivity contribution in [2.24, 2.45) is 11.7 Å². The van der Waals surface area contributed by atoms with Gasteiger partial charge in [0.1, 0.15) is 0 Å². The van der Waals surface area contributed by atoms with Gasteiger partial charge in [-0.05, 0) is 19.9 Å². The summed E-state index contributed by atoms with van der Waals surface area (Å²) < 4.78 is 0. The van der Waals surface area contributed by atoms with Crippen molar-refractivity contribution in [3.05, 3.63) is 0 Å². The molecule has 1 rings (SSSR count). The molecule has 0 saturated heterocycles. The standard InChI is InChI=1S/C7H14N2O/c1-9-6-4-2-3-5(6)7(8)10/h5-6,9H,2-4H2,1H3,(H2,8,10)/t5-,6+/m0/s1. The van der Waals surface area contributed by atoms with Crippen LogP contribution in [0, 0.1) is 5.92 Å². The number of carbonyl (C=O) groups excluding carboxylic acids is 1. The molecule has 1 aliphatic rings. The Balaban J connectivity index is 2.50. The zero-order valence-corrected chi connectivity index (χ0v) is 6.26. The van der Waals surface area contributed by atoms with Gasteiger partial charge in [0.05, 0.1) is 5.92 Å². The first kappa shape index (κ1) is 7.54. The molecule has 1 fully saturated rings. The van der Waals surface area contributed by atoms with Gasteiger partial charge in [-0.2, -0.15) is 0 Å². The maximum atomic E-state index is 10.8. The van der Waals surface area contributed by atoms with E-state index in [-0.39, 0.29) is 11.8 Å². The predicted octanol–water partition coefficient (Wildman–Crippen LogP) is -0.140. The first-order valence-electron chi connectivity index (χ1n) is 3.72. The highest BCUT2D eigenvalue weighted by Gasteiger charge is 2.29. The lowest BCUT2D eigenvalue weighted by Gasteiger charge is -2.14. The van der Waals surface area contributed by atoms with Gasteiger partial charge in [-0.1, -0.05) is 6.42 Å². The summed E-state index contributed by atoms with van der Waals surface area (Å²) >= 11 is 0. The fraction of sp³-hybridized carbons (Fsp3) is 0.857. The summed E-state index contributed by atoms with van der Waals surface area (Å²) in [6, 6.07) is 0.331. The molecule has 0 aromatic heterocycles. The van der Waals surface area contributed by atoms with Crippen LogP contribution in [0.15, 0.2) is 0 Å². The average molecular weight is 142 g/mol. The average Bonchev–Trinajstić information content (AvgIpc) is 2.33. The highest BCUT2D eigenvalue weighted by molar-refractivity contribution is 5.77. The van der Waals surface area contributed by atoms with E-state index in [0.717, 1.165) is 19.3 Å². The molecular weight excluding hydrogens is 128 g/mol. The number of hydrogen-bond donors (Lipinski definition) is 2. The molecule has 58 valence electrons. The van der Waals surface area contributed by atoms with E-state index < -0.39 is 0 Å². The van der Waals surface area contributed by atoms with E-state index in [1.165, 1.54) is 0 Å². The fourth-order valence-electron chi connectivity index (χ4n) is 1.65. The second kappa shape index (κ2) is 3.01. The number of amides is 1. The molecule has 10 heavy (non-hydrogen) atoms. The minimum absolute atomic E-state index is 0.0741. The number of hydrogen-bond acceptors (Lipinski definition) is 2. The maximum Gasteiger partial charge on any atom is 0.222 e. The van der Waals surface area contributed by atoms with E-state index in [9.17, 15) is 4.79 Å². The second-order valence-corrected chi connectivity index (χ2v) is 2.83. The van der Waals surface area contributed by atoms with Crippen LogP contribution in [0.5, 0.6) is 0 Å². The quantitative estimate of drug-likeness (QED) is 0.564. The highest BCUT2D eigenvalue weighted by Crippen LogP contribution is 2.24. The number of rotatable bonds is 2.